The van der Waals surface area contributed by atoms with Crippen LogP contribution in [0.15, 0.2) is 42.5 Å². The highest BCUT2D eigenvalue weighted by Gasteiger charge is 2.36. The monoisotopic (exact) mass is 410 g/mol. The summed E-state index contributed by atoms with van der Waals surface area (Å²) in [5, 5.41) is 24.9. The summed E-state index contributed by atoms with van der Waals surface area (Å²) in [4.78, 5) is 27.2. The zero-order chi connectivity index (χ0) is 21.3. The van der Waals surface area contributed by atoms with Crippen molar-refractivity contribution in [3.05, 3.63) is 63.7 Å². The Labute approximate surface area is 175 Å². The van der Waals surface area contributed by atoms with Crippen molar-refractivity contribution >= 4 is 23.0 Å². The van der Waals surface area contributed by atoms with E-state index in [9.17, 15) is 20.0 Å². The number of piperazine rings is 1. The molecule has 2 atom stereocenters. The van der Waals surface area contributed by atoms with E-state index < -0.39 is 11.0 Å². The summed E-state index contributed by atoms with van der Waals surface area (Å²) in [6, 6.07) is 13.5. The second kappa shape index (κ2) is 8.41. The number of anilines is 2. The van der Waals surface area contributed by atoms with Crippen LogP contribution in [0.25, 0.3) is 0 Å². The first-order chi connectivity index (χ1) is 14.4. The number of aliphatic hydroxyl groups is 1. The minimum atomic E-state index is -0.643. The van der Waals surface area contributed by atoms with Gasteiger partial charge in [-0.1, -0.05) is 24.3 Å². The Morgan fingerprint density at radius 2 is 1.80 bits per heavy atom. The number of benzene rings is 2. The molecule has 1 aliphatic heterocycles. The predicted octanol–water partition coefficient (Wildman–Crippen LogP) is 2.20. The van der Waals surface area contributed by atoms with E-state index in [-0.39, 0.29) is 29.7 Å². The minimum absolute atomic E-state index is 0.0398. The third-order valence-electron chi connectivity index (χ3n) is 6.08. The number of fused-ring (bicyclic) bond motifs is 1. The molecule has 158 valence electrons. The molecular formula is C22H26N4O4. The molecule has 0 bridgehead atoms. The van der Waals surface area contributed by atoms with Crippen LogP contribution in [0, 0.1) is 10.1 Å². The molecule has 1 saturated heterocycles. The zero-order valence-corrected chi connectivity index (χ0v) is 17.0. The SMILES string of the molecule is CC(=O)Nc1c([N+](=O)[O-])ccc2c1CC(O)C(N1CCN(c3ccccc3)CC1)C2. The molecule has 1 amide bonds. The number of nitrogens with one attached hydrogen (secondary N) is 1. The van der Waals surface area contributed by atoms with Crippen molar-refractivity contribution in [2.24, 2.45) is 0 Å². The van der Waals surface area contributed by atoms with Crippen molar-refractivity contribution < 1.29 is 14.8 Å². The van der Waals surface area contributed by atoms with E-state index in [1.54, 1.807) is 6.07 Å². The summed E-state index contributed by atoms with van der Waals surface area (Å²) in [6.07, 6.45) is 0.248. The number of nitro benzene ring substituents is 1. The average molecular weight is 410 g/mol. The highest BCUT2D eigenvalue weighted by Crippen LogP contribution is 2.37. The Bertz CT molecular complexity index is 942. The molecule has 30 heavy (non-hydrogen) atoms. The molecule has 2 aromatic carbocycles. The maximum Gasteiger partial charge on any atom is 0.293 e. The summed E-state index contributed by atoms with van der Waals surface area (Å²) in [5.74, 6) is -0.361. The van der Waals surface area contributed by atoms with Crippen LogP contribution in [-0.2, 0) is 17.6 Å². The Kier molecular flexibility index (Phi) is 5.69. The number of nitro groups is 1. The largest absolute Gasteiger partial charge is 0.391 e. The van der Waals surface area contributed by atoms with Gasteiger partial charge in [0.2, 0.25) is 5.91 Å². The van der Waals surface area contributed by atoms with Crippen molar-refractivity contribution in [3.8, 4) is 0 Å². The first-order valence-corrected chi connectivity index (χ1v) is 10.2. The lowest BCUT2D eigenvalue weighted by Crippen LogP contribution is -2.56. The number of nitrogens with zero attached hydrogens (tertiary/aromatic N) is 3. The van der Waals surface area contributed by atoms with Gasteiger partial charge in [-0.05, 0) is 29.7 Å². The fraction of sp³-hybridized carbons (Fsp3) is 0.409. The molecule has 1 aliphatic carbocycles. The van der Waals surface area contributed by atoms with E-state index in [2.05, 4.69) is 27.2 Å². The first-order valence-electron chi connectivity index (χ1n) is 10.2. The molecule has 2 unspecified atom stereocenters. The van der Waals surface area contributed by atoms with Crippen molar-refractivity contribution in [1.82, 2.24) is 4.90 Å². The fourth-order valence-corrected chi connectivity index (χ4v) is 4.60. The number of para-hydroxylation sites is 1. The molecule has 2 aliphatic rings. The lowest BCUT2D eigenvalue weighted by Gasteiger charge is -2.43. The Morgan fingerprint density at radius 3 is 2.43 bits per heavy atom. The van der Waals surface area contributed by atoms with E-state index >= 15 is 0 Å². The molecular weight excluding hydrogens is 384 g/mol. The maximum absolute atomic E-state index is 11.6. The zero-order valence-electron chi connectivity index (χ0n) is 17.0. The average Bonchev–Trinajstić information content (AvgIpc) is 2.74. The van der Waals surface area contributed by atoms with Crippen LogP contribution in [0.3, 0.4) is 0 Å². The van der Waals surface area contributed by atoms with Crippen LogP contribution in [0.2, 0.25) is 0 Å². The van der Waals surface area contributed by atoms with E-state index in [1.165, 1.54) is 18.7 Å². The second-order valence-corrected chi connectivity index (χ2v) is 7.94. The first kappa shape index (κ1) is 20.3. The van der Waals surface area contributed by atoms with Crippen LogP contribution in [0.4, 0.5) is 17.1 Å². The smallest absolute Gasteiger partial charge is 0.293 e. The van der Waals surface area contributed by atoms with Gasteiger partial charge in [-0.3, -0.25) is 19.8 Å². The third-order valence-corrected chi connectivity index (χ3v) is 6.08. The van der Waals surface area contributed by atoms with E-state index in [0.717, 1.165) is 31.7 Å². The standard InChI is InChI=1S/C22H26N4O4/c1-15(27)23-22-18-14-21(28)20(13-16(18)7-8-19(22)26(29)30)25-11-9-24(10-12-25)17-5-3-2-4-6-17/h2-8,20-21,28H,9-14H2,1H3,(H,23,27). The van der Waals surface area contributed by atoms with Crippen molar-refractivity contribution in [1.29, 1.82) is 0 Å². The molecule has 8 nitrogen and oxygen atoms in total. The van der Waals surface area contributed by atoms with Gasteiger partial charge in [0.25, 0.3) is 5.69 Å². The number of carbonyl (C=O) groups is 1. The van der Waals surface area contributed by atoms with Gasteiger partial charge < -0.3 is 15.3 Å². The van der Waals surface area contributed by atoms with Gasteiger partial charge in [0, 0.05) is 57.3 Å². The van der Waals surface area contributed by atoms with E-state index in [4.69, 9.17) is 0 Å². The van der Waals surface area contributed by atoms with Gasteiger partial charge in [-0.2, -0.15) is 0 Å². The van der Waals surface area contributed by atoms with Crippen LogP contribution in [0.1, 0.15) is 18.1 Å². The predicted molar refractivity (Wildman–Crippen MR) is 115 cm³/mol. The van der Waals surface area contributed by atoms with Crippen molar-refractivity contribution in [2.75, 3.05) is 36.4 Å². The van der Waals surface area contributed by atoms with Crippen LogP contribution in [-0.4, -0.2) is 59.2 Å². The summed E-state index contributed by atoms with van der Waals surface area (Å²) in [5.41, 5.74) is 2.91. The van der Waals surface area contributed by atoms with Gasteiger partial charge in [0.05, 0.1) is 11.0 Å². The van der Waals surface area contributed by atoms with Crippen molar-refractivity contribution in [2.45, 2.75) is 31.9 Å². The molecule has 0 saturated carbocycles. The Morgan fingerprint density at radius 1 is 1.10 bits per heavy atom. The molecule has 0 aromatic heterocycles. The van der Waals surface area contributed by atoms with Gasteiger partial charge in [0.1, 0.15) is 5.69 Å². The number of aliphatic hydroxyl groups excluding tert-OH is 1. The normalized spacial score (nSPS) is 21.7. The van der Waals surface area contributed by atoms with Gasteiger partial charge in [0.15, 0.2) is 0 Å². The van der Waals surface area contributed by atoms with Gasteiger partial charge in [-0.25, -0.2) is 0 Å². The lowest BCUT2D eigenvalue weighted by molar-refractivity contribution is -0.384. The third kappa shape index (κ3) is 4.01. The Hall–Kier alpha value is -2.97. The number of hydrogen-bond donors (Lipinski definition) is 2. The molecule has 2 aromatic rings. The van der Waals surface area contributed by atoms with Gasteiger partial charge >= 0.3 is 0 Å². The maximum atomic E-state index is 11.6. The number of hydrogen-bond acceptors (Lipinski definition) is 6. The molecule has 0 radical (unpaired) electrons. The quantitative estimate of drug-likeness (QED) is 0.592. The van der Waals surface area contributed by atoms with Crippen LogP contribution < -0.4 is 10.2 Å². The molecule has 2 N–H and O–H groups in total. The molecule has 4 rings (SSSR count). The topological polar surface area (TPSA) is 98.9 Å². The molecule has 8 heteroatoms. The van der Waals surface area contributed by atoms with E-state index in [0.29, 0.717) is 12.0 Å². The van der Waals surface area contributed by atoms with Crippen LogP contribution >= 0.6 is 0 Å². The van der Waals surface area contributed by atoms with E-state index in [1.807, 2.05) is 18.2 Å². The summed E-state index contributed by atoms with van der Waals surface area (Å²) in [7, 11) is 0. The number of amides is 1. The second-order valence-electron chi connectivity index (χ2n) is 7.94. The summed E-state index contributed by atoms with van der Waals surface area (Å²) >= 11 is 0. The number of carbonyl (C=O) groups excluding carboxylic acids is 1. The summed E-state index contributed by atoms with van der Waals surface area (Å²) in [6.45, 7) is 4.79. The fourth-order valence-electron chi connectivity index (χ4n) is 4.60. The highest BCUT2D eigenvalue weighted by atomic mass is 16.6. The summed E-state index contributed by atoms with van der Waals surface area (Å²) < 4.78 is 0. The molecule has 1 heterocycles. The van der Waals surface area contributed by atoms with Crippen molar-refractivity contribution in [3.63, 3.8) is 0 Å². The highest BCUT2D eigenvalue weighted by molar-refractivity contribution is 5.93. The number of rotatable bonds is 4. The molecule has 0 spiro atoms. The van der Waals surface area contributed by atoms with Crippen LogP contribution in [0.5, 0.6) is 0 Å². The minimum Gasteiger partial charge on any atom is -0.391 e. The van der Waals surface area contributed by atoms with Gasteiger partial charge in [-0.15, -0.1) is 0 Å². The Balaban J connectivity index is 1.52. The lowest BCUT2D eigenvalue weighted by atomic mass is 9.83. The molecule has 1 fully saturated rings.